The Balaban J connectivity index is 2.36. The van der Waals surface area contributed by atoms with Gasteiger partial charge in [0.15, 0.2) is 0 Å². The molecular weight excluding hydrogens is 220 g/mol. The Morgan fingerprint density at radius 3 is 2.88 bits per heavy atom. The van der Waals surface area contributed by atoms with Gasteiger partial charge >= 0.3 is 0 Å². The highest BCUT2D eigenvalue weighted by Gasteiger charge is 2.32. The average Bonchev–Trinajstić information content (AvgIpc) is 2.70. The summed E-state index contributed by atoms with van der Waals surface area (Å²) in [5, 5.41) is 20.3. The third-order valence-corrected chi connectivity index (χ3v) is 3.22. The van der Waals surface area contributed by atoms with Gasteiger partial charge in [-0.15, -0.1) is 0 Å². The molecule has 2 atom stereocenters. The summed E-state index contributed by atoms with van der Waals surface area (Å²) in [6.07, 6.45) is 0.878. The van der Waals surface area contributed by atoms with E-state index in [1.807, 2.05) is 4.90 Å². The van der Waals surface area contributed by atoms with Crippen LogP contribution in [0.4, 0.5) is 11.4 Å². The molecule has 5 nitrogen and oxygen atoms in total. The summed E-state index contributed by atoms with van der Waals surface area (Å²) in [5.41, 5.74) is 0.723. The molecule has 1 aliphatic heterocycles. The van der Waals surface area contributed by atoms with Crippen LogP contribution in [-0.4, -0.2) is 29.2 Å². The van der Waals surface area contributed by atoms with E-state index in [1.54, 1.807) is 18.2 Å². The molecule has 0 amide bonds. The van der Waals surface area contributed by atoms with Crippen molar-refractivity contribution in [1.82, 2.24) is 0 Å². The topological polar surface area (TPSA) is 66.6 Å². The minimum Gasteiger partial charge on any atom is -0.394 e. The van der Waals surface area contributed by atoms with Crippen molar-refractivity contribution in [2.24, 2.45) is 5.92 Å². The largest absolute Gasteiger partial charge is 0.394 e. The maximum atomic E-state index is 11.0. The van der Waals surface area contributed by atoms with Gasteiger partial charge in [0.1, 0.15) is 5.69 Å². The van der Waals surface area contributed by atoms with Gasteiger partial charge in [0.05, 0.1) is 17.6 Å². The fourth-order valence-electron chi connectivity index (χ4n) is 2.48. The van der Waals surface area contributed by atoms with E-state index < -0.39 is 0 Å². The first-order valence-electron chi connectivity index (χ1n) is 5.74. The van der Waals surface area contributed by atoms with Crippen LogP contribution in [0.15, 0.2) is 24.3 Å². The van der Waals surface area contributed by atoms with Crippen LogP contribution < -0.4 is 4.90 Å². The molecule has 0 spiro atoms. The van der Waals surface area contributed by atoms with Gasteiger partial charge in [-0.2, -0.15) is 0 Å². The first kappa shape index (κ1) is 11.9. The number of rotatable bonds is 3. The van der Waals surface area contributed by atoms with E-state index in [-0.39, 0.29) is 23.3 Å². The lowest BCUT2D eigenvalue weighted by Gasteiger charge is -2.24. The molecule has 17 heavy (non-hydrogen) atoms. The molecule has 1 fully saturated rings. The summed E-state index contributed by atoms with van der Waals surface area (Å²) in [6, 6.07) is 6.70. The normalized spacial score (nSPS) is 24.0. The molecule has 0 aliphatic carbocycles. The Hall–Kier alpha value is -1.62. The number of anilines is 1. The van der Waals surface area contributed by atoms with Crippen LogP contribution >= 0.6 is 0 Å². The highest BCUT2D eigenvalue weighted by Crippen LogP contribution is 2.34. The predicted molar refractivity (Wildman–Crippen MR) is 65.1 cm³/mol. The van der Waals surface area contributed by atoms with Crippen LogP contribution in [-0.2, 0) is 0 Å². The summed E-state index contributed by atoms with van der Waals surface area (Å²) in [5.74, 6) is 0.451. The van der Waals surface area contributed by atoms with Crippen LogP contribution in [0.2, 0.25) is 0 Å². The van der Waals surface area contributed by atoms with Crippen molar-refractivity contribution in [1.29, 1.82) is 0 Å². The second-order valence-electron chi connectivity index (χ2n) is 4.58. The van der Waals surface area contributed by atoms with E-state index >= 15 is 0 Å². The van der Waals surface area contributed by atoms with Crippen molar-refractivity contribution in [3.05, 3.63) is 34.4 Å². The third kappa shape index (κ3) is 2.24. The molecular formula is C12H16N2O3. The lowest BCUT2D eigenvalue weighted by molar-refractivity contribution is -0.384. The van der Waals surface area contributed by atoms with Crippen molar-refractivity contribution in [3.63, 3.8) is 0 Å². The number of nitro benzene ring substituents is 1. The molecule has 1 heterocycles. The third-order valence-electron chi connectivity index (χ3n) is 3.22. The number of hydrogen-bond donors (Lipinski definition) is 1. The molecule has 1 N–H and O–H groups in total. The SMILES string of the molecule is C[C@H]1C[C@@H](CO)N(c2ccccc2[N+](=O)[O-])C1. The van der Waals surface area contributed by atoms with Crippen LogP contribution in [0.25, 0.3) is 0 Å². The number of aliphatic hydroxyl groups excluding tert-OH is 1. The minimum atomic E-state index is -0.368. The summed E-state index contributed by atoms with van der Waals surface area (Å²) in [6.45, 7) is 2.89. The van der Waals surface area contributed by atoms with Crippen molar-refractivity contribution in [2.75, 3.05) is 18.1 Å². The predicted octanol–water partition coefficient (Wildman–Crippen LogP) is 1.80. The number of hydrogen-bond acceptors (Lipinski definition) is 4. The van der Waals surface area contributed by atoms with E-state index in [1.165, 1.54) is 6.07 Å². The Morgan fingerprint density at radius 2 is 2.24 bits per heavy atom. The molecule has 0 unspecified atom stereocenters. The van der Waals surface area contributed by atoms with Crippen LogP contribution in [0.3, 0.4) is 0 Å². The molecule has 0 bridgehead atoms. The minimum absolute atomic E-state index is 0.00824. The molecule has 0 radical (unpaired) electrons. The zero-order valence-corrected chi connectivity index (χ0v) is 9.74. The molecule has 92 valence electrons. The van der Waals surface area contributed by atoms with Crippen LogP contribution in [0.5, 0.6) is 0 Å². The summed E-state index contributed by atoms with van der Waals surface area (Å²) in [7, 11) is 0. The Morgan fingerprint density at radius 1 is 1.53 bits per heavy atom. The zero-order valence-electron chi connectivity index (χ0n) is 9.74. The number of nitrogens with zero attached hydrogens (tertiary/aromatic N) is 2. The van der Waals surface area contributed by atoms with E-state index in [0.29, 0.717) is 11.6 Å². The summed E-state index contributed by atoms with van der Waals surface area (Å²) < 4.78 is 0. The van der Waals surface area contributed by atoms with Crippen molar-refractivity contribution in [3.8, 4) is 0 Å². The monoisotopic (exact) mass is 236 g/mol. The second kappa shape index (κ2) is 4.71. The average molecular weight is 236 g/mol. The first-order chi connectivity index (χ1) is 8.13. The van der Waals surface area contributed by atoms with Gasteiger partial charge in [0.2, 0.25) is 0 Å². The van der Waals surface area contributed by atoms with Crippen LogP contribution in [0.1, 0.15) is 13.3 Å². The van der Waals surface area contributed by atoms with Crippen molar-refractivity contribution >= 4 is 11.4 Å². The van der Waals surface area contributed by atoms with E-state index in [9.17, 15) is 15.2 Å². The van der Waals surface area contributed by atoms with Gasteiger partial charge in [0, 0.05) is 12.6 Å². The molecule has 5 heteroatoms. The maximum Gasteiger partial charge on any atom is 0.292 e. The van der Waals surface area contributed by atoms with Gasteiger partial charge < -0.3 is 10.0 Å². The maximum absolute atomic E-state index is 11.0. The van der Waals surface area contributed by atoms with Crippen LogP contribution in [0, 0.1) is 16.0 Å². The Bertz CT molecular complexity index is 422. The summed E-state index contributed by atoms with van der Waals surface area (Å²) >= 11 is 0. The highest BCUT2D eigenvalue weighted by molar-refractivity contribution is 5.64. The second-order valence-corrected chi connectivity index (χ2v) is 4.58. The molecule has 2 rings (SSSR count). The first-order valence-corrected chi connectivity index (χ1v) is 5.74. The zero-order chi connectivity index (χ0) is 12.4. The standard InChI is InChI=1S/C12H16N2O3/c1-9-6-10(8-15)13(7-9)11-4-2-3-5-12(11)14(16)17/h2-5,9-10,15H,6-8H2,1H3/t9-,10-/m0/s1. The lowest BCUT2D eigenvalue weighted by Crippen LogP contribution is -2.32. The van der Waals surface area contributed by atoms with Crippen molar-refractivity contribution in [2.45, 2.75) is 19.4 Å². The number of aliphatic hydroxyl groups is 1. The fourth-order valence-corrected chi connectivity index (χ4v) is 2.48. The van der Waals surface area contributed by atoms with E-state index in [0.717, 1.165) is 13.0 Å². The van der Waals surface area contributed by atoms with Gasteiger partial charge in [-0.1, -0.05) is 19.1 Å². The molecule has 1 aromatic carbocycles. The summed E-state index contributed by atoms with van der Waals surface area (Å²) in [4.78, 5) is 12.6. The number of para-hydroxylation sites is 2. The van der Waals surface area contributed by atoms with Gasteiger partial charge in [-0.05, 0) is 18.4 Å². The number of benzene rings is 1. The molecule has 0 saturated carbocycles. The lowest BCUT2D eigenvalue weighted by atomic mass is 10.1. The highest BCUT2D eigenvalue weighted by atomic mass is 16.6. The molecule has 1 aliphatic rings. The van der Waals surface area contributed by atoms with E-state index in [2.05, 4.69) is 6.92 Å². The van der Waals surface area contributed by atoms with Gasteiger partial charge in [0.25, 0.3) is 5.69 Å². The quantitative estimate of drug-likeness (QED) is 0.642. The Labute approximate surface area is 99.8 Å². The molecule has 1 saturated heterocycles. The fraction of sp³-hybridized carbons (Fsp3) is 0.500. The van der Waals surface area contributed by atoms with Gasteiger partial charge in [-0.3, -0.25) is 10.1 Å². The Kier molecular flexibility index (Phi) is 3.28. The van der Waals surface area contributed by atoms with E-state index in [4.69, 9.17) is 0 Å². The van der Waals surface area contributed by atoms with Crippen molar-refractivity contribution < 1.29 is 10.0 Å². The molecule has 1 aromatic rings. The molecule has 0 aromatic heterocycles. The van der Waals surface area contributed by atoms with Gasteiger partial charge in [-0.25, -0.2) is 0 Å². The smallest absolute Gasteiger partial charge is 0.292 e. The number of nitro groups is 1.